The maximum atomic E-state index is 13.4. The van der Waals surface area contributed by atoms with Crippen LogP contribution in [0.25, 0.3) is 0 Å². The normalized spacial score (nSPS) is 15.2. The summed E-state index contributed by atoms with van der Waals surface area (Å²) in [6.45, 7) is 7.28. The zero-order valence-electron chi connectivity index (χ0n) is 19.2. The highest BCUT2D eigenvalue weighted by Gasteiger charge is 2.28. The Kier molecular flexibility index (Phi) is 8.70. The van der Waals surface area contributed by atoms with E-state index in [1.807, 2.05) is 26.0 Å². The summed E-state index contributed by atoms with van der Waals surface area (Å²) in [6, 6.07) is 14.0. The maximum absolute atomic E-state index is 13.4. The van der Waals surface area contributed by atoms with Crippen molar-refractivity contribution in [3.63, 3.8) is 0 Å². The Morgan fingerprint density at radius 3 is 2.28 bits per heavy atom. The summed E-state index contributed by atoms with van der Waals surface area (Å²) in [5.74, 6) is -0.292. The van der Waals surface area contributed by atoms with E-state index in [1.165, 1.54) is 30.0 Å². The molecule has 1 saturated heterocycles. The van der Waals surface area contributed by atoms with Gasteiger partial charge in [0.25, 0.3) is 10.0 Å². The van der Waals surface area contributed by atoms with E-state index in [-0.39, 0.29) is 17.3 Å². The Balaban J connectivity index is 1.67. The first kappa shape index (κ1) is 24.3. The van der Waals surface area contributed by atoms with Crippen LogP contribution in [-0.4, -0.2) is 51.9 Å². The molecule has 1 amide bonds. The fourth-order valence-electron chi connectivity index (χ4n) is 4.06. The molecule has 1 N–H and O–H groups in total. The van der Waals surface area contributed by atoms with Gasteiger partial charge in [0.05, 0.1) is 10.6 Å². The van der Waals surface area contributed by atoms with Gasteiger partial charge in [0.2, 0.25) is 5.91 Å². The van der Waals surface area contributed by atoms with Crippen molar-refractivity contribution >= 4 is 21.6 Å². The number of sulfonamides is 1. The third-order valence-corrected chi connectivity index (χ3v) is 7.73. The molecule has 1 aliphatic heterocycles. The summed E-state index contributed by atoms with van der Waals surface area (Å²) in [5, 5.41) is 2.92. The van der Waals surface area contributed by atoms with E-state index in [0.717, 1.165) is 37.2 Å². The van der Waals surface area contributed by atoms with Gasteiger partial charge in [-0.3, -0.25) is 9.10 Å². The van der Waals surface area contributed by atoms with Crippen LogP contribution in [0.1, 0.15) is 43.2 Å². The minimum absolute atomic E-state index is 0.181. The third-order valence-electron chi connectivity index (χ3n) is 5.95. The Hall–Kier alpha value is -2.38. The zero-order chi connectivity index (χ0) is 23.0. The number of hydrogen-bond acceptors (Lipinski definition) is 4. The Bertz CT molecular complexity index is 982. The van der Waals surface area contributed by atoms with Crippen molar-refractivity contribution in [2.75, 3.05) is 37.0 Å². The summed E-state index contributed by atoms with van der Waals surface area (Å²) in [5.41, 5.74) is 2.30. The van der Waals surface area contributed by atoms with Crippen molar-refractivity contribution in [1.82, 2.24) is 10.2 Å². The predicted octanol–water partition coefficient (Wildman–Crippen LogP) is 3.88. The van der Waals surface area contributed by atoms with Crippen molar-refractivity contribution in [2.45, 2.75) is 50.8 Å². The number of aryl methyl sites for hydroxylation is 2. The molecular formula is C25H35N3O3S. The lowest BCUT2D eigenvalue weighted by molar-refractivity contribution is -0.119. The van der Waals surface area contributed by atoms with Crippen molar-refractivity contribution in [3.05, 3.63) is 59.7 Å². The van der Waals surface area contributed by atoms with Gasteiger partial charge in [-0.15, -0.1) is 0 Å². The number of amides is 1. The third kappa shape index (κ3) is 6.56. The smallest absolute Gasteiger partial charge is 0.264 e. The van der Waals surface area contributed by atoms with Crippen LogP contribution in [0.3, 0.4) is 0 Å². The molecule has 0 aliphatic carbocycles. The van der Waals surface area contributed by atoms with Crippen LogP contribution in [0.2, 0.25) is 0 Å². The lowest BCUT2D eigenvalue weighted by Gasteiger charge is -2.26. The highest BCUT2D eigenvalue weighted by Crippen LogP contribution is 2.26. The largest absolute Gasteiger partial charge is 0.354 e. The molecule has 0 saturated carbocycles. The van der Waals surface area contributed by atoms with Crippen LogP contribution in [0.4, 0.5) is 5.69 Å². The average Bonchev–Trinajstić information content (AvgIpc) is 3.05. The van der Waals surface area contributed by atoms with Gasteiger partial charge >= 0.3 is 0 Å². The monoisotopic (exact) mass is 457 g/mol. The SMILES string of the molecule is Cc1ccc(S(=O)(=O)N(CC(=O)NCCCN2CCCCCC2)c2ccccc2C)cc1. The number of para-hydroxylation sites is 1. The summed E-state index contributed by atoms with van der Waals surface area (Å²) in [6.07, 6.45) is 5.96. The number of nitrogens with one attached hydrogen (secondary N) is 1. The fraction of sp³-hybridized carbons (Fsp3) is 0.480. The summed E-state index contributed by atoms with van der Waals surface area (Å²) in [7, 11) is -3.88. The van der Waals surface area contributed by atoms with E-state index in [0.29, 0.717) is 12.2 Å². The molecule has 0 atom stereocenters. The van der Waals surface area contributed by atoms with Gasteiger partial charge in [0, 0.05) is 6.54 Å². The molecule has 1 heterocycles. The van der Waals surface area contributed by atoms with Gasteiger partial charge in [-0.1, -0.05) is 48.7 Å². The second kappa shape index (κ2) is 11.5. The molecule has 2 aromatic rings. The predicted molar refractivity (Wildman–Crippen MR) is 129 cm³/mol. The molecule has 1 fully saturated rings. The van der Waals surface area contributed by atoms with E-state index < -0.39 is 10.0 Å². The van der Waals surface area contributed by atoms with Gasteiger partial charge in [-0.25, -0.2) is 8.42 Å². The minimum atomic E-state index is -3.88. The molecule has 3 rings (SSSR count). The number of nitrogens with zero attached hydrogens (tertiary/aromatic N) is 2. The fourth-order valence-corrected chi connectivity index (χ4v) is 5.54. The first-order valence-corrected chi connectivity index (χ1v) is 13.0. The van der Waals surface area contributed by atoms with E-state index in [2.05, 4.69) is 10.2 Å². The second-order valence-corrected chi connectivity index (χ2v) is 10.4. The van der Waals surface area contributed by atoms with E-state index in [1.54, 1.807) is 36.4 Å². The molecule has 6 nitrogen and oxygen atoms in total. The molecule has 1 aliphatic rings. The molecule has 32 heavy (non-hydrogen) atoms. The molecule has 7 heteroatoms. The Morgan fingerprint density at radius 2 is 1.62 bits per heavy atom. The lowest BCUT2D eigenvalue weighted by Crippen LogP contribution is -2.42. The molecule has 174 valence electrons. The van der Waals surface area contributed by atoms with Crippen LogP contribution >= 0.6 is 0 Å². The minimum Gasteiger partial charge on any atom is -0.354 e. The van der Waals surface area contributed by atoms with Crippen LogP contribution in [0.5, 0.6) is 0 Å². The molecule has 0 bridgehead atoms. The zero-order valence-corrected chi connectivity index (χ0v) is 20.0. The molecular weight excluding hydrogens is 422 g/mol. The van der Waals surface area contributed by atoms with Crippen molar-refractivity contribution in [2.24, 2.45) is 0 Å². The van der Waals surface area contributed by atoms with Crippen molar-refractivity contribution < 1.29 is 13.2 Å². The van der Waals surface area contributed by atoms with Gasteiger partial charge in [0.1, 0.15) is 6.54 Å². The quantitative estimate of drug-likeness (QED) is 0.580. The van der Waals surface area contributed by atoms with Crippen LogP contribution in [0, 0.1) is 13.8 Å². The number of carbonyl (C=O) groups is 1. The number of benzene rings is 2. The maximum Gasteiger partial charge on any atom is 0.264 e. The van der Waals surface area contributed by atoms with Crippen LogP contribution in [0.15, 0.2) is 53.4 Å². The number of hydrogen-bond donors (Lipinski definition) is 1. The average molecular weight is 458 g/mol. The second-order valence-electron chi connectivity index (χ2n) is 8.57. The molecule has 0 aromatic heterocycles. The molecule has 0 unspecified atom stereocenters. The van der Waals surface area contributed by atoms with Gasteiger partial charge in [-0.2, -0.15) is 0 Å². The number of rotatable bonds is 9. The number of anilines is 1. The van der Waals surface area contributed by atoms with Gasteiger partial charge in [-0.05, 0) is 76.5 Å². The summed E-state index contributed by atoms with van der Waals surface area (Å²) in [4.78, 5) is 15.4. The van der Waals surface area contributed by atoms with E-state index in [4.69, 9.17) is 0 Å². The van der Waals surface area contributed by atoms with Crippen LogP contribution in [-0.2, 0) is 14.8 Å². The Morgan fingerprint density at radius 1 is 0.969 bits per heavy atom. The standard InChI is InChI=1S/C25H35N3O3S/c1-21-12-14-23(15-13-21)32(30,31)28(24-11-6-5-10-22(24)2)20-25(29)26-16-9-19-27-17-7-3-4-8-18-27/h5-6,10-15H,3-4,7-9,16-20H2,1-2H3,(H,26,29). The number of likely N-dealkylation sites (tertiary alicyclic amines) is 1. The van der Waals surface area contributed by atoms with Gasteiger partial charge < -0.3 is 10.2 Å². The molecule has 0 radical (unpaired) electrons. The first-order chi connectivity index (χ1) is 15.4. The highest BCUT2D eigenvalue weighted by molar-refractivity contribution is 7.92. The molecule has 2 aromatic carbocycles. The summed E-state index contributed by atoms with van der Waals surface area (Å²) >= 11 is 0. The van der Waals surface area contributed by atoms with Crippen LogP contribution < -0.4 is 9.62 Å². The van der Waals surface area contributed by atoms with Crippen molar-refractivity contribution in [1.29, 1.82) is 0 Å². The van der Waals surface area contributed by atoms with E-state index in [9.17, 15) is 13.2 Å². The Labute approximate surface area is 192 Å². The van der Waals surface area contributed by atoms with E-state index >= 15 is 0 Å². The topological polar surface area (TPSA) is 69.7 Å². The highest BCUT2D eigenvalue weighted by atomic mass is 32.2. The number of carbonyl (C=O) groups excluding carboxylic acids is 1. The first-order valence-electron chi connectivity index (χ1n) is 11.5. The molecule has 0 spiro atoms. The summed E-state index contributed by atoms with van der Waals surface area (Å²) < 4.78 is 28.1. The lowest BCUT2D eigenvalue weighted by atomic mass is 10.2. The van der Waals surface area contributed by atoms with Gasteiger partial charge in [0.15, 0.2) is 0 Å². The van der Waals surface area contributed by atoms with Crippen molar-refractivity contribution in [3.8, 4) is 0 Å².